The maximum absolute atomic E-state index is 11.7. The van der Waals surface area contributed by atoms with Gasteiger partial charge in [0.2, 0.25) is 0 Å². The van der Waals surface area contributed by atoms with Crippen LogP contribution in [0.4, 0.5) is 4.79 Å². The van der Waals surface area contributed by atoms with Crippen LogP contribution in [0, 0.1) is 5.92 Å². The predicted octanol–water partition coefficient (Wildman–Crippen LogP) is 3.93. The van der Waals surface area contributed by atoms with Gasteiger partial charge in [-0.25, -0.2) is 9.59 Å². The third-order valence-corrected chi connectivity index (χ3v) is 3.63. The van der Waals surface area contributed by atoms with E-state index in [4.69, 9.17) is 5.11 Å². The summed E-state index contributed by atoms with van der Waals surface area (Å²) in [6, 6.07) is -1.19. The molecule has 0 fully saturated rings. The first-order valence-corrected chi connectivity index (χ1v) is 8.74. The molecule has 22 heavy (non-hydrogen) atoms. The molecule has 0 spiro atoms. The minimum atomic E-state index is -0.976. The second kappa shape index (κ2) is 13.4. The lowest BCUT2D eigenvalue weighted by Crippen LogP contribution is -2.46. The van der Waals surface area contributed by atoms with Gasteiger partial charge in [-0.2, -0.15) is 0 Å². The van der Waals surface area contributed by atoms with Crippen LogP contribution in [0.3, 0.4) is 0 Å². The smallest absolute Gasteiger partial charge is 0.326 e. The molecule has 0 saturated carbocycles. The van der Waals surface area contributed by atoms with Crippen LogP contribution in [0.5, 0.6) is 0 Å². The molecule has 3 N–H and O–H groups in total. The molecule has 0 aromatic rings. The van der Waals surface area contributed by atoms with Crippen LogP contribution in [0.15, 0.2) is 0 Å². The van der Waals surface area contributed by atoms with Crippen molar-refractivity contribution in [2.24, 2.45) is 5.92 Å². The Morgan fingerprint density at radius 2 is 1.50 bits per heavy atom. The minimum Gasteiger partial charge on any atom is -0.480 e. The predicted molar refractivity (Wildman–Crippen MR) is 90.0 cm³/mol. The number of carbonyl (C=O) groups is 2. The topological polar surface area (TPSA) is 78.4 Å². The van der Waals surface area contributed by atoms with Gasteiger partial charge in [0.1, 0.15) is 6.04 Å². The molecule has 2 amide bonds. The number of unbranched alkanes of at least 4 members (excludes halogenated alkanes) is 7. The monoisotopic (exact) mass is 314 g/mol. The van der Waals surface area contributed by atoms with Crippen molar-refractivity contribution >= 4 is 12.0 Å². The van der Waals surface area contributed by atoms with E-state index in [-0.39, 0.29) is 11.9 Å². The largest absolute Gasteiger partial charge is 0.480 e. The Balaban J connectivity index is 3.61. The zero-order valence-electron chi connectivity index (χ0n) is 14.5. The van der Waals surface area contributed by atoms with Gasteiger partial charge >= 0.3 is 12.0 Å². The van der Waals surface area contributed by atoms with E-state index in [2.05, 4.69) is 17.6 Å². The third kappa shape index (κ3) is 12.5. The number of nitrogens with one attached hydrogen (secondary N) is 2. The molecule has 0 bridgehead atoms. The van der Waals surface area contributed by atoms with Crippen LogP contribution >= 0.6 is 0 Å². The molecule has 0 aromatic heterocycles. The maximum Gasteiger partial charge on any atom is 0.326 e. The molecule has 0 aliphatic carbocycles. The van der Waals surface area contributed by atoms with E-state index in [0.717, 1.165) is 12.8 Å². The molecule has 0 aliphatic heterocycles. The standard InChI is InChI=1S/C17H34N2O3/c1-4-5-6-7-8-9-10-11-12-18-17(22)19-15(16(20)21)13-14(2)3/h14-15H,4-13H2,1-3H3,(H,20,21)(H2,18,19,22)/t15-/m0/s1. The Kier molecular flexibility index (Phi) is 12.6. The van der Waals surface area contributed by atoms with Crippen LogP contribution in [0.25, 0.3) is 0 Å². The lowest BCUT2D eigenvalue weighted by molar-refractivity contribution is -0.139. The van der Waals surface area contributed by atoms with Crippen LogP contribution in [-0.2, 0) is 4.79 Å². The Hall–Kier alpha value is -1.26. The summed E-state index contributed by atoms with van der Waals surface area (Å²) in [5, 5.41) is 14.3. The first kappa shape index (κ1) is 20.7. The Morgan fingerprint density at radius 1 is 0.955 bits per heavy atom. The molecule has 1 atom stereocenters. The summed E-state index contributed by atoms with van der Waals surface area (Å²) in [5.74, 6) is -0.745. The zero-order chi connectivity index (χ0) is 16.8. The van der Waals surface area contributed by atoms with Gasteiger partial charge in [-0.05, 0) is 18.8 Å². The number of rotatable bonds is 13. The Morgan fingerprint density at radius 3 is 2.00 bits per heavy atom. The fourth-order valence-electron chi connectivity index (χ4n) is 2.36. The van der Waals surface area contributed by atoms with Crippen molar-refractivity contribution in [3.63, 3.8) is 0 Å². The molecule has 5 nitrogen and oxygen atoms in total. The van der Waals surface area contributed by atoms with Gasteiger partial charge in [0.15, 0.2) is 0 Å². The van der Waals surface area contributed by atoms with Gasteiger partial charge < -0.3 is 15.7 Å². The van der Waals surface area contributed by atoms with Crippen molar-refractivity contribution in [2.45, 2.75) is 84.6 Å². The van der Waals surface area contributed by atoms with Crippen molar-refractivity contribution in [3.05, 3.63) is 0 Å². The van der Waals surface area contributed by atoms with Gasteiger partial charge in [-0.3, -0.25) is 0 Å². The second-order valence-electron chi connectivity index (χ2n) is 6.40. The van der Waals surface area contributed by atoms with Gasteiger partial charge in [0.25, 0.3) is 0 Å². The molecule has 0 radical (unpaired) electrons. The van der Waals surface area contributed by atoms with Gasteiger partial charge in [0.05, 0.1) is 0 Å². The molecule has 0 heterocycles. The number of aliphatic carboxylic acids is 1. The fourth-order valence-corrected chi connectivity index (χ4v) is 2.36. The van der Waals surface area contributed by atoms with Gasteiger partial charge in [0, 0.05) is 6.54 Å². The van der Waals surface area contributed by atoms with Crippen LogP contribution < -0.4 is 10.6 Å². The molecule has 0 saturated heterocycles. The van der Waals surface area contributed by atoms with E-state index in [0.29, 0.717) is 13.0 Å². The summed E-state index contributed by atoms with van der Waals surface area (Å²) in [6.07, 6.45) is 10.2. The highest BCUT2D eigenvalue weighted by atomic mass is 16.4. The first-order valence-electron chi connectivity index (χ1n) is 8.74. The second-order valence-corrected chi connectivity index (χ2v) is 6.40. The lowest BCUT2D eigenvalue weighted by Gasteiger charge is -2.16. The molecule has 130 valence electrons. The Labute approximate surface area is 135 Å². The highest BCUT2D eigenvalue weighted by molar-refractivity contribution is 5.82. The molecule has 0 rings (SSSR count). The number of carbonyl (C=O) groups excluding carboxylic acids is 1. The molecule has 0 unspecified atom stereocenters. The van der Waals surface area contributed by atoms with Crippen molar-refractivity contribution in [2.75, 3.05) is 6.54 Å². The first-order chi connectivity index (χ1) is 10.5. The van der Waals surface area contributed by atoms with E-state index >= 15 is 0 Å². The fraction of sp³-hybridized carbons (Fsp3) is 0.882. The van der Waals surface area contributed by atoms with E-state index in [1.807, 2.05) is 13.8 Å². The third-order valence-electron chi connectivity index (χ3n) is 3.63. The van der Waals surface area contributed by atoms with Gasteiger partial charge in [-0.1, -0.05) is 65.7 Å². The highest BCUT2D eigenvalue weighted by Gasteiger charge is 2.20. The maximum atomic E-state index is 11.7. The molecule has 5 heteroatoms. The van der Waals surface area contributed by atoms with Gasteiger partial charge in [-0.15, -0.1) is 0 Å². The normalized spacial score (nSPS) is 12.2. The highest BCUT2D eigenvalue weighted by Crippen LogP contribution is 2.08. The Bertz CT molecular complexity index is 306. The summed E-state index contributed by atoms with van der Waals surface area (Å²) in [5.41, 5.74) is 0. The summed E-state index contributed by atoms with van der Waals surface area (Å²) in [7, 11) is 0. The number of hydrogen-bond acceptors (Lipinski definition) is 2. The number of hydrogen-bond donors (Lipinski definition) is 3. The van der Waals surface area contributed by atoms with Crippen LogP contribution in [0.2, 0.25) is 0 Å². The molecular weight excluding hydrogens is 280 g/mol. The zero-order valence-corrected chi connectivity index (χ0v) is 14.5. The lowest BCUT2D eigenvalue weighted by atomic mass is 10.0. The number of amides is 2. The minimum absolute atomic E-state index is 0.231. The molecular formula is C17H34N2O3. The number of carboxylic acids is 1. The quantitative estimate of drug-likeness (QED) is 0.451. The van der Waals surface area contributed by atoms with Crippen LogP contribution in [-0.4, -0.2) is 29.7 Å². The van der Waals surface area contributed by atoms with Crippen molar-refractivity contribution in [3.8, 4) is 0 Å². The summed E-state index contributed by atoms with van der Waals surface area (Å²) in [6.45, 7) is 6.70. The molecule has 0 aliphatic rings. The van der Waals surface area contributed by atoms with Crippen molar-refractivity contribution < 1.29 is 14.7 Å². The SMILES string of the molecule is CCCCCCCCCCNC(=O)N[C@@H](CC(C)C)C(=O)O. The van der Waals surface area contributed by atoms with Crippen molar-refractivity contribution in [1.82, 2.24) is 10.6 Å². The van der Waals surface area contributed by atoms with E-state index in [1.54, 1.807) is 0 Å². The van der Waals surface area contributed by atoms with E-state index in [9.17, 15) is 9.59 Å². The molecule has 0 aromatic carbocycles. The average Bonchev–Trinajstić information content (AvgIpc) is 2.44. The average molecular weight is 314 g/mol. The van der Waals surface area contributed by atoms with E-state index in [1.165, 1.54) is 38.5 Å². The summed E-state index contributed by atoms with van der Waals surface area (Å²) < 4.78 is 0. The number of carboxylic acid groups (broad SMARTS) is 1. The summed E-state index contributed by atoms with van der Waals surface area (Å²) >= 11 is 0. The van der Waals surface area contributed by atoms with E-state index < -0.39 is 12.0 Å². The van der Waals surface area contributed by atoms with Crippen molar-refractivity contribution in [1.29, 1.82) is 0 Å². The van der Waals surface area contributed by atoms with Crippen LogP contribution in [0.1, 0.15) is 78.6 Å². The summed E-state index contributed by atoms with van der Waals surface area (Å²) in [4.78, 5) is 22.7. The number of urea groups is 1.